The molecule has 1 aromatic carbocycles. The van der Waals surface area contributed by atoms with E-state index in [2.05, 4.69) is 5.32 Å². The summed E-state index contributed by atoms with van der Waals surface area (Å²) in [5, 5.41) is 3.32. The predicted molar refractivity (Wildman–Crippen MR) is 120 cm³/mol. The average molecular weight is 468 g/mol. The van der Waals surface area contributed by atoms with Crippen LogP contribution in [0.25, 0.3) is 0 Å². The van der Waals surface area contributed by atoms with Crippen molar-refractivity contribution >= 4 is 35.1 Å². The Balaban J connectivity index is 1.77. The summed E-state index contributed by atoms with van der Waals surface area (Å²) in [5.41, 5.74) is -0.205. The lowest BCUT2D eigenvalue weighted by Gasteiger charge is -2.46. The van der Waals surface area contributed by atoms with E-state index in [1.165, 1.54) is 19.1 Å². The quantitative estimate of drug-likeness (QED) is 0.721. The number of Topliss-reactive ketones (excluding diaryl/α,β-unsaturated/α-hetero) is 1. The van der Waals surface area contributed by atoms with Gasteiger partial charge in [0.1, 0.15) is 23.2 Å². The molecule has 2 heterocycles. The molecule has 2 fully saturated rings. The van der Waals surface area contributed by atoms with Crippen molar-refractivity contribution in [3.05, 3.63) is 29.0 Å². The van der Waals surface area contributed by atoms with Gasteiger partial charge in [0, 0.05) is 36.3 Å². The minimum Gasteiger partial charge on any atom is -0.444 e. The Morgan fingerprint density at radius 1 is 1.19 bits per heavy atom. The molecule has 0 aliphatic carbocycles. The van der Waals surface area contributed by atoms with Crippen molar-refractivity contribution in [1.82, 2.24) is 9.80 Å². The first kappa shape index (κ1) is 24.3. The largest absolute Gasteiger partial charge is 0.444 e. The Hall–Kier alpha value is -2.35. The molecule has 2 aliphatic heterocycles. The van der Waals surface area contributed by atoms with Gasteiger partial charge in [0.05, 0.1) is 6.04 Å². The molecule has 3 atom stereocenters. The van der Waals surface area contributed by atoms with Crippen molar-refractivity contribution < 1.29 is 23.5 Å². The number of likely N-dealkylation sites (tertiary alicyclic amines) is 2. The van der Waals surface area contributed by atoms with Gasteiger partial charge in [-0.2, -0.15) is 0 Å². The summed E-state index contributed by atoms with van der Waals surface area (Å²) in [4.78, 5) is 41.6. The Morgan fingerprint density at radius 2 is 1.91 bits per heavy atom. The van der Waals surface area contributed by atoms with Crippen molar-refractivity contribution in [2.75, 3.05) is 25.0 Å². The maximum Gasteiger partial charge on any atom is 0.410 e. The van der Waals surface area contributed by atoms with E-state index in [9.17, 15) is 18.8 Å². The maximum absolute atomic E-state index is 13.7. The van der Waals surface area contributed by atoms with Crippen molar-refractivity contribution in [2.24, 2.45) is 5.92 Å². The number of hydrogen-bond donors (Lipinski definition) is 1. The van der Waals surface area contributed by atoms with Gasteiger partial charge in [0.15, 0.2) is 0 Å². The van der Waals surface area contributed by atoms with Gasteiger partial charge >= 0.3 is 6.09 Å². The maximum atomic E-state index is 13.7. The van der Waals surface area contributed by atoms with Crippen LogP contribution in [-0.4, -0.2) is 64.9 Å². The summed E-state index contributed by atoms with van der Waals surface area (Å²) in [7, 11) is 0. The summed E-state index contributed by atoms with van der Waals surface area (Å²) < 4.78 is 19.2. The van der Waals surface area contributed by atoms with E-state index in [4.69, 9.17) is 16.3 Å². The fourth-order valence-electron chi connectivity index (χ4n) is 4.42. The van der Waals surface area contributed by atoms with Gasteiger partial charge < -0.3 is 19.9 Å². The van der Waals surface area contributed by atoms with Crippen LogP contribution in [-0.2, 0) is 14.3 Å². The van der Waals surface area contributed by atoms with E-state index in [1.54, 1.807) is 36.6 Å². The monoisotopic (exact) mass is 467 g/mol. The number of anilines is 1. The van der Waals surface area contributed by atoms with E-state index in [1.807, 2.05) is 0 Å². The highest BCUT2D eigenvalue weighted by molar-refractivity contribution is 6.30. The number of carbonyl (C=O) groups is 3. The molecular weight excluding hydrogens is 437 g/mol. The van der Waals surface area contributed by atoms with Gasteiger partial charge in [-0.3, -0.25) is 9.59 Å². The molecule has 7 nitrogen and oxygen atoms in total. The standard InChI is InChI=1S/C23H31ClFN3O4/c1-14(29)18-7-9-27(22(31)32-23(2,3)4)13-20(18)28-8-5-6-19(21(28)30)26-17-11-15(24)10-16(25)12-17/h10-12,18-20,26H,5-9,13H2,1-4H3/t18-,19?,20+/m1/s1. The number of amides is 2. The lowest BCUT2D eigenvalue weighted by atomic mass is 9.86. The number of hydrogen-bond acceptors (Lipinski definition) is 5. The third kappa shape index (κ3) is 5.91. The fourth-order valence-corrected chi connectivity index (χ4v) is 4.64. The van der Waals surface area contributed by atoms with Crippen LogP contribution in [0.1, 0.15) is 47.0 Å². The number of ether oxygens (including phenoxy) is 1. The number of benzene rings is 1. The molecular formula is C23H31ClFN3O4. The van der Waals surface area contributed by atoms with Crippen LogP contribution in [0.3, 0.4) is 0 Å². The van der Waals surface area contributed by atoms with Crippen LogP contribution < -0.4 is 5.32 Å². The first-order chi connectivity index (χ1) is 14.9. The molecule has 2 aliphatic rings. The first-order valence-electron chi connectivity index (χ1n) is 11.0. The van der Waals surface area contributed by atoms with E-state index >= 15 is 0 Å². The second-order valence-electron chi connectivity index (χ2n) is 9.53. The zero-order valence-electron chi connectivity index (χ0n) is 19.0. The Bertz CT molecular complexity index is 868. The molecule has 0 aromatic heterocycles. The lowest BCUT2D eigenvalue weighted by Crippen LogP contribution is -2.61. The molecule has 9 heteroatoms. The molecule has 32 heavy (non-hydrogen) atoms. The fraction of sp³-hybridized carbons (Fsp3) is 0.609. The van der Waals surface area contributed by atoms with Crippen LogP contribution in [0.15, 0.2) is 18.2 Å². The SMILES string of the molecule is CC(=O)[C@H]1CCN(C(=O)OC(C)(C)C)C[C@@H]1N1CCCC(Nc2cc(F)cc(Cl)c2)C1=O. The third-order valence-corrected chi connectivity index (χ3v) is 6.05. The van der Waals surface area contributed by atoms with Crippen molar-refractivity contribution in [2.45, 2.75) is 64.6 Å². The Kier molecular flexibility index (Phi) is 7.32. The molecule has 0 spiro atoms. The molecule has 0 radical (unpaired) electrons. The highest BCUT2D eigenvalue weighted by Crippen LogP contribution is 2.29. The molecule has 1 aromatic rings. The zero-order chi connectivity index (χ0) is 23.6. The van der Waals surface area contributed by atoms with Crippen LogP contribution >= 0.6 is 11.6 Å². The molecule has 0 saturated carbocycles. The number of halogens is 2. The topological polar surface area (TPSA) is 79.0 Å². The van der Waals surface area contributed by atoms with Crippen molar-refractivity contribution in [3.63, 3.8) is 0 Å². The van der Waals surface area contributed by atoms with Gasteiger partial charge in [0.2, 0.25) is 5.91 Å². The molecule has 1 unspecified atom stereocenters. The summed E-state index contributed by atoms with van der Waals surface area (Å²) in [6.07, 6.45) is 1.33. The summed E-state index contributed by atoms with van der Waals surface area (Å²) in [6, 6.07) is 3.07. The Morgan fingerprint density at radius 3 is 2.53 bits per heavy atom. The normalized spacial score (nSPS) is 24.3. The number of carbonyl (C=O) groups excluding carboxylic acids is 3. The van der Waals surface area contributed by atoms with Crippen LogP contribution in [0, 0.1) is 11.7 Å². The van der Waals surface area contributed by atoms with E-state index in [-0.39, 0.29) is 29.2 Å². The molecule has 0 bridgehead atoms. The summed E-state index contributed by atoms with van der Waals surface area (Å²) in [6.45, 7) is 8.07. The van der Waals surface area contributed by atoms with E-state index in [0.717, 1.165) is 6.42 Å². The number of rotatable bonds is 4. The van der Waals surface area contributed by atoms with Crippen LogP contribution in [0.5, 0.6) is 0 Å². The van der Waals surface area contributed by atoms with Crippen LogP contribution in [0.2, 0.25) is 5.02 Å². The smallest absolute Gasteiger partial charge is 0.410 e. The molecule has 176 valence electrons. The second-order valence-corrected chi connectivity index (χ2v) is 9.96. The number of piperidine rings is 2. The predicted octanol–water partition coefficient (Wildman–Crippen LogP) is 4.10. The second kappa shape index (κ2) is 9.65. The van der Waals surface area contributed by atoms with Gasteiger partial charge in [0.25, 0.3) is 0 Å². The number of nitrogens with one attached hydrogen (secondary N) is 1. The summed E-state index contributed by atoms with van der Waals surface area (Å²) in [5.74, 6) is -1.01. The minimum atomic E-state index is -0.633. The van der Waals surface area contributed by atoms with Gasteiger partial charge in [-0.15, -0.1) is 0 Å². The Labute approximate surface area is 193 Å². The van der Waals surface area contributed by atoms with Crippen LogP contribution in [0.4, 0.5) is 14.9 Å². The average Bonchev–Trinajstić information content (AvgIpc) is 2.67. The van der Waals surface area contributed by atoms with E-state index in [0.29, 0.717) is 31.6 Å². The highest BCUT2D eigenvalue weighted by atomic mass is 35.5. The van der Waals surface area contributed by atoms with Crippen molar-refractivity contribution in [1.29, 1.82) is 0 Å². The van der Waals surface area contributed by atoms with E-state index < -0.39 is 29.6 Å². The van der Waals surface area contributed by atoms with Gasteiger partial charge in [-0.1, -0.05) is 11.6 Å². The van der Waals surface area contributed by atoms with Gasteiger partial charge in [-0.05, 0) is 65.2 Å². The molecule has 1 N–H and O–H groups in total. The number of ketones is 1. The minimum absolute atomic E-state index is 0.00127. The highest BCUT2D eigenvalue weighted by Gasteiger charge is 2.43. The zero-order valence-corrected chi connectivity index (χ0v) is 19.7. The van der Waals surface area contributed by atoms with Gasteiger partial charge in [-0.25, -0.2) is 9.18 Å². The lowest BCUT2D eigenvalue weighted by molar-refractivity contribution is -0.142. The molecule has 2 saturated heterocycles. The van der Waals surface area contributed by atoms with Crippen molar-refractivity contribution in [3.8, 4) is 0 Å². The molecule has 3 rings (SSSR count). The first-order valence-corrected chi connectivity index (χ1v) is 11.3. The number of nitrogens with zero attached hydrogens (tertiary/aromatic N) is 2. The third-order valence-electron chi connectivity index (χ3n) is 5.83. The summed E-state index contributed by atoms with van der Waals surface area (Å²) >= 11 is 5.94. The molecule has 2 amide bonds.